The van der Waals surface area contributed by atoms with Gasteiger partial charge in [0.05, 0.1) is 5.69 Å². The lowest BCUT2D eigenvalue weighted by Gasteiger charge is -2.26. The van der Waals surface area contributed by atoms with Gasteiger partial charge in [0, 0.05) is 28.7 Å². The van der Waals surface area contributed by atoms with E-state index in [2.05, 4.69) is 52.9 Å². The molecule has 0 unspecified atom stereocenters. The topological polar surface area (TPSA) is 20.3 Å². The Morgan fingerprint density at radius 3 is 2.67 bits per heavy atom. The summed E-state index contributed by atoms with van der Waals surface area (Å²) < 4.78 is 0.952. The lowest BCUT2D eigenvalue weighted by Crippen LogP contribution is -2.19. The number of ketones is 1. The Hall–Kier alpha value is -1.61. The monoisotopic (exact) mass is 343 g/mol. The molecule has 1 heterocycles. The van der Waals surface area contributed by atoms with Gasteiger partial charge in [-0.2, -0.15) is 0 Å². The van der Waals surface area contributed by atoms with Crippen molar-refractivity contribution in [3.8, 4) is 0 Å². The first kappa shape index (κ1) is 14.3. The molecule has 2 aromatic rings. The number of hydrogen-bond donors (Lipinski definition) is 0. The summed E-state index contributed by atoms with van der Waals surface area (Å²) in [7, 11) is 0. The smallest absolute Gasteiger partial charge is 0.169 e. The van der Waals surface area contributed by atoms with Crippen LogP contribution in [0, 0.1) is 6.92 Å². The van der Waals surface area contributed by atoms with Gasteiger partial charge >= 0.3 is 0 Å². The summed E-state index contributed by atoms with van der Waals surface area (Å²) >= 11 is 3.48. The van der Waals surface area contributed by atoms with Crippen LogP contribution in [0.25, 0.3) is 0 Å². The van der Waals surface area contributed by atoms with Crippen LogP contribution in [-0.2, 0) is 6.42 Å². The van der Waals surface area contributed by atoms with E-state index in [9.17, 15) is 4.79 Å². The third kappa shape index (κ3) is 2.62. The summed E-state index contributed by atoms with van der Waals surface area (Å²) in [6, 6.07) is 12.4. The molecule has 3 heteroatoms. The van der Waals surface area contributed by atoms with Crippen LogP contribution < -0.4 is 4.90 Å². The Balaban J connectivity index is 2.23. The highest BCUT2D eigenvalue weighted by atomic mass is 79.9. The lowest BCUT2D eigenvalue weighted by molar-refractivity contribution is 0.0994. The molecule has 0 bridgehead atoms. The number of benzene rings is 2. The third-order valence-electron chi connectivity index (χ3n) is 3.87. The second kappa shape index (κ2) is 5.64. The van der Waals surface area contributed by atoms with Gasteiger partial charge in [0.15, 0.2) is 5.78 Å². The maximum atomic E-state index is 12.6. The van der Waals surface area contributed by atoms with Crippen LogP contribution in [-0.4, -0.2) is 12.3 Å². The van der Waals surface area contributed by atoms with Crippen LogP contribution in [0.4, 0.5) is 11.4 Å². The van der Waals surface area contributed by atoms with Crippen LogP contribution >= 0.6 is 15.9 Å². The summed E-state index contributed by atoms with van der Waals surface area (Å²) in [6.07, 6.45) is 1.51. The van der Waals surface area contributed by atoms with Crippen molar-refractivity contribution in [3.63, 3.8) is 0 Å². The summed E-state index contributed by atoms with van der Waals surface area (Å²) in [4.78, 5) is 14.9. The van der Waals surface area contributed by atoms with Crippen molar-refractivity contribution in [1.29, 1.82) is 0 Å². The Morgan fingerprint density at radius 1 is 1.14 bits per heavy atom. The molecule has 2 nitrogen and oxygen atoms in total. The number of anilines is 2. The van der Waals surface area contributed by atoms with E-state index in [4.69, 9.17) is 0 Å². The predicted molar refractivity (Wildman–Crippen MR) is 90.7 cm³/mol. The molecule has 3 rings (SSSR count). The number of fused-ring (bicyclic) bond motifs is 2. The standard InChI is InChI=1S/C18H18BrNO/c1-3-8-20-16-6-4-12(2)9-13(16)10-18(21)15-11-14(19)5-7-17(15)20/h4-7,9,11H,3,8,10H2,1-2H3. The molecule has 108 valence electrons. The number of rotatable bonds is 2. The number of carbonyl (C=O) groups excluding carboxylic acids is 1. The molecule has 0 N–H and O–H groups in total. The maximum absolute atomic E-state index is 12.6. The fraction of sp³-hybridized carbons (Fsp3) is 0.278. The molecule has 0 saturated carbocycles. The van der Waals surface area contributed by atoms with Gasteiger partial charge < -0.3 is 4.90 Å². The van der Waals surface area contributed by atoms with Crippen LogP contribution in [0.2, 0.25) is 0 Å². The molecule has 21 heavy (non-hydrogen) atoms. The highest BCUT2D eigenvalue weighted by Crippen LogP contribution is 2.37. The second-order valence-corrected chi connectivity index (χ2v) is 6.46. The first-order chi connectivity index (χ1) is 10.1. The number of hydrogen-bond acceptors (Lipinski definition) is 2. The van der Waals surface area contributed by atoms with E-state index in [1.54, 1.807) is 0 Å². The molecule has 0 atom stereocenters. The molecule has 0 spiro atoms. The van der Waals surface area contributed by atoms with Crippen molar-refractivity contribution in [2.24, 2.45) is 0 Å². The molecule has 2 aromatic carbocycles. The molecule has 1 aliphatic heterocycles. The number of aryl methyl sites for hydroxylation is 1. The Labute approximate surface area is 133 Å². The molecular weight excluding hydrogens is 326 g/mol. The quantitative estimate of drug-likeness (QED) is 0.760. The minimum absolute atomic E-state index is 0.191. The van der Waals surface area contributed by atoms with Crippen molar-refractivity contribution in [2.45, 2.75) is 26.7 Å². The minimum Gasteiger partial charge on any atom is -0.341 e. The first-order valence-corrected chi connectivity index (χ1v) is 8.09. The van der Waals surface area contributed by atoms with Crippen LogP contribution in [0.5, 0.6) is 0 Å². The van der Waals surface area contributed by atoms with Crippen LogP contribution in [0.1, 0.15) is 34.8 Å². The zero-order valence-electron chi connectivity index (χ0n) is 12.3. The van der Waals surface area contributed by atoms with E-state index in [0.717, 1.165) is 39.9 Å². The van der Waals surface area contributed by atoms with Crippen molar-refractivity contribution in [1.82, 2.24) is 0 Å². The first-order valence-electron chi connectivity index (χ1n) is 7.30. The van der Waals surface area contributed by atoms with Gasteiger partial charge in [-0.3, -0.25) is 4.79 Å². The summed E-state index contributed by atoms with van der Waals surface area (Å²) in [5.74, 6) is 0.191. The fourth-order valence-corrected chi connectivity index (χ4v) is 3.31. The van der Waals surface area contributed by atoms with E-state index >= 15 is 0 Å². The zero-order valence-corrected chi connectivity index (χ0v) is 13.9. The second-order valence-electron chi connectivity index (χ2n) is 5.55. The van der Waals surface area contributed by atoms with Gasteiger partial charge in [-0.05, 0) is 43.2 Å². The van der Waals surface area contributed by atoms with Crippen molar-refractivity contribution >= 4 is 33.1 Å². The summed E-state index contributed by atoms with van der Waals surface area (Å²) in [5, 5.41) is 0. The van der Waals surface area contributed by atoms with Crippen LogP contribution in [0.3, 0.4) is 0 Å². The van der Waals surface area contributed by atoms with Gasteiger partial charge in [-0.15, -0.1) is 0 Å². The van der Waals surface area contributed by atoms with Gasteiger partial charge in [0.25, 0.3) is 0 Å². The minimum atomic E-state index is 0.191. The zero-order chi connectivity index (χ0) is 15.0. The fourth-order valence-electron chi connectivity index (χ4n) is 2.95. The Kier molecular flexibility index (Phi) is 3.85. The average Bonchev–Trinajstić information content (AvgIpc) is 2.55. The molecule has 0 aromatic heterocycles. The molecule has 0 aliphatic carbocycles. The summed E-state index contributed by atoms with van der Waals surface area (Å²) in [5.41, 5.74) is 5.32. The van der Waals surface area contributed by atoms with Crippen LogP contribution in [0.15, 0.2) is 40.9 Å². The number of nitrogens with zero attached hydrogens (tertiary/aromatic N) is 1. The van der Waals surface area contributed by atoms with Crippen molar-refractivity contribution < 1.29 is 4.79 Å². The van der Waals surface area contributed by atoms with Crippen molar-refractivity contribution in [2.75, 3.05) is 11.4 Å². The van der Waals surface area contributed by atoms with Gasteiger partial charge in [-0.1, -0.05) is 40.5 Å². The maximum Gasteiger partial charge on any atom is 0.169 e. The predicted octanol–water partition coefficient (Wildman–Crippen LogP) is 5.04. The lowest BCUT2D eigenvalue weighted by atomic mass is 10.0. The Morgan fingerprint density at radius 2 is 1.90 bits per heavy atom. The van der Waals surface area contributed by atoms with Gasteiger partial charge in [-0.25, -0.2) is 0 Å². The van der Waals surface area contributed by atoms with E-state index in [-0.39, 0.29) is 5.78 Å². The number of Topliss-reactive ketones (excluding diaryl/α,β-unsaturated/α-hetero) is 1. The third-order valence-corrected chi connectivity index (χ3v) is 4.37. The number of halogens is 1. The highest BCUT2D eigenvalue weighted by molar-refractivity contribution is 9.10. The molecule has 0 fully saturated rings. The van der Waals surface area contributed by atoms with Gasteiger partial charge in [0.2, 0.25) is 0 Å². The highest BCUT2D eigenvalue weighted by Gasteiger charge is 2.25. The molecule has 0 amide bonds. The molecular formula is C18H18BrNO. The Bertz CT molecular complexity index is 708. The van der Waals surface area contributed by atoms with E-state index in [0.29, 0.717) is 6.42 Å². The molecule has 0 saturated heterocycles. The average molecular weight is 344 g/mol. The normalized spacial score (nSPS) is 13.7. The largest absolute Gasteiger partial charge is 0.341 e. The van der Waals surface area contributed by atoms with Gasteiger partial charge in [0.1, 0.15) is 0 Å². The van der Waals surface area contributed by atoms with E-state index in [1.807, 2.05) is 18.2 Å². The SMILES string of the molecule is CCCN1c2ccc(C)cc2CC(=O)c2cc(Br)ccc21. The van der Waals surface area contributed by atoms with Crippen molar-refractivity contribution in [3.05, 3.63) is 57.6 Å². The molecule has 0 radical (unpaired) electrons. The number of carbonyl (C=O) groups is 1. The van der Waals surface area contributed by atoms with E-state index in [1.165, 1.54) is 5.56 Å². The van der Waals surface area contributed by atoms with E-state index < -0.39 is 0 Å². The summed E-state index contributed by atoms with van der Waals surface area (Å²) in [6.45, 7) is 5.15. The molecule has 1 aliphatic rings.